The van der Waals surface area contributed by atoms with Gasteiger partial charge in [-0.3, -0.25) is 0 Å². The molecule has 0 saturated carbocycles. The fourth-order valence-corrected chi connectivity index (χ4v) is 2.69. The number of nitrogens with two attached hydrogens (primary N) is 1. The topological polar surface area (TPSA) is 43.8 Å². The van der Waals surface area contributed by atoms with Crippen LogP contribution >= 0.6 is 11.6 Å². The minimum absolute atomic E-state index is 0.703. The van der Waals surface area contributed by atoms with Crippen LogP contribution in [0.5, 0.6) is 0 Å². The second-order valence-electron chi connectivity index (χ2n) is 4.83. The van der Waals surface area contributed by atoms with Crippen molar-refractivity contribution in [3.05, 3.63) is 47.0 Å². The highest BCUT2D eigenvalue weighted by Crippen LogP contribution is 2.30. The van der Waals surface area contributed by atoms with Gasteiger partial charge in [0.2, 0.25) is 0 Å². The van der Waals surface area contributed by atoms with Crippen LogP contribution in [-0.4, -0.2) is 9.55 Å². The minimum Gasteiger partial charge on any atom is -0.398 e. The number of aromatic nitrogens is 2. The molecule has 0 unspecified atom stereocenters. The largest absolute Gasteiger partial charge is 0.398 e. The Bertz CT molecular complexity index is 790. The van der Waals surface area contributed by atoms with Gasteiger partial charge in [-0.2, -0.15) is 0 Å². The van der Waals surface area contributed by atoms with E-state index in [0.29, 0.717) is 5.02 Å². The first-order valence-corrected chi connectivity index (χ1v) is 7.01. The summed E-state index contributed by atoms with van der Waals surface area (Å²) in [4.78, 5) is 4.74. The standard InChI is InChI=1S/C16H16ClN3/c1-3-20-15-8-7-11(17)9-14(15)19-16(20)12-5-4-6-13(18)10(12)2/h4-9H,3,18H2,1-2H3. The second-order valence-corrected chi connectivity index (χ2v) is 5.27. The highest BCUT2D eigenvalue weighted by atomic mass is 35.5. The molecule has 0 saturated heterocycles. The van der Waals surface area contributed by atoms with E-state index in [9.17, 15) is 0 Å². The number of halogens is 1. The lowest BCUT2D eigenvalue weighted by Crippen LogP contribution is -2.00. The number of imidazole rings is 1. The Hall–Kier alpha value is -2.00. The highest BCUT2D eigenvalue weighted by molar-refractivity contribution is 6.31. The lowest BCUT2D eigenvalue weighted by Gasteiger charge is -2.10. The van der Waals surface area contributed by atoms with Crippen LogP contribution in [0.3, 0.4) is 0 Å². The molecule has 0 atom stereocenters. The zero-order valence-corrected chi connectivity index (χ0v) is 12.3. The van der Waals surface area contributed by atoms with Crippen LogP contribution in [0.15, 0.2) is 36.4 Å². The smallest absolute Gasteiger partial charge is 0.141 e. The summed E-state index contributed by atoms with van der Waals surface area (Å²) in [7, 11) is 0. The van der Waals surface area contributed by atoms with E-state index >= 15 is 0 Å². The molecule has 1 heterocycles. The summed E-state index contributed by atoms with van der Waals surface area (Å²) in [6.45, 7) is 4.99. The van der Waals surface area contributed by atoms with Gasteiger partial charge in [0.05, 0.1) is 11.0 Å². The summed E-state index contributed by atoms with van der Waals surface area (Å²) in [5.41, 5.74) is 10.9. The summed E-state index contributed by atoms with van der Waals surface area (Å²) in [5.74, 6) is 0.939. The number of fused-ring (bicyclic) bond motifs is 1. The van der Waals surface area contributed by atoms with Gasteiger partial charge in [0, 0.05) is 22.8 Å². The van der Waals surface area contributed by atoms with E-state index < -0.39 is 0 Å². The number of nitrogen functional groups attached to an aromatic ring is 1. The molecule has 2 N–H and O–H groups in total. The van der Waals surface area contributed by atoms with Crippen molar-refractivity contribution in [1.29, 1.82) is 0 Å². The maximum Gasteiger partial charge on any atom is 0.141 e. The van der Waals surface area contributed by atoms with Crippen LogP contribution in [0.4, 0.5) is 5.69 Å². The van der Waals surface area contributed by atoms with Gasteiger partial charge in [0.25, 0.3) is 0 Å². The lowest BCUT2D eigenvalue weighted by atomic mass is 10.1. The van der Waals surface area contributed by atoms with Gasteiger partial charge in [0.15, 0.2) is 0 Å². The van der Waals surface area contributed by atoms with E-state index in [1.165, 1.54) is 0 Å². The fourth-order valence-electron chi connectivity index (χ4n) is 2.52. The minimum atomic E-state index is 0.703. The number of benzene rings is 2. The van der Waals surface area contributed by atoms with Gasteiger partial charge in [0.1, 0.15) is 5.82 Å². The molecule has 0 fully saturated rings. The Morgan fingerprint density at radius 3 is 2.80 bits per heavy atom. The number of hydrogen-bond donors (Lipinski definition) is 1. The molecule has 2 aromatic carbocycles. The Morgan fingerprint density at radius 2 is 2.05 bits per heavy atom. The third kappa shape index (κ3) is 1.95. The maximum atomic E-state index is 6.06. The number of anilines is 1. The van der Waals surface area contributed by atoms with Crippen LogP contribution < -0.4 is 5.73 Å². The summed E-state index contributed by atoms with van der Waals surface area (Å²) in [6, 6.07) is 11.7. The highest BCUT2D eigenvalue weighted by Gasteiger charge is 2.14. The molecule has 20 heavy (non-hydrogen) atoms. The molecular formula is C16H16ClN3. The molecule has 3 aromatic rings. The van der Waals surface area contributed by atoms with Crippen molar-refractivity contribution in [3.8, 4) is 11.4 Å². The molecular weight excluding hydrogens is 270 g/mol. The summed E-state index contributed by atoms with van der Waals surface area (Å²) >= 11 is 6.06. The normalized spacial score (nSPS) is 11.2. The van der Waals surface area contributed by atoms with Crippen molar-refractivity contribution in [3.63, 3.8) is 0 Å². The number of aryl methyl sites for hydroxylation is 1. The zero-order chi connectivity index (χ0) is 14.3. The van der Waals surface area contributed by atoms with E-state index in [-0.39, 0.29) is 0 Å². The first kappa shape index (κ1) is 13.0. The zero-order valence-electron chi connectivity index (χ0n) is 11.5. The number of nitrogens with zero attached hydrogens (tertiary/aromatic N) is 2. The Labute approximate surface area is 123 Å². The SMILES string of the molecule is CCn1c(-c2cccc(N)c2C)nc2cc(Cl)ccc21. The third-order valence-electron chi connectivity index (χ3n) is 3.64. The number of rotatable bonds is 2. The fraction of sp³-hybridized carbons (Fsp3) is 0.188. The molecule has 3 rings (SSSR count). The molecule has 0 amide bonds. The predicted molar refractivity (Wildman–Crippen MR) is 85.0 cm³/mol. The number of hydrogen-bond acceptors (Lipinski definition) is 2. The quantitative estimate of drug-likeness (QED) is 0.715. The molecule has 102 valence electrons. The van der Waals surface area contributed by atoms with Gasteiger partial charge < -0.3 is 10.3 Å². The van der Waals surface area contributed by atoms with E-state index in [2.05, 4.69) is 17.6 Å². The van der Waals surface area contributed by atoms with Crippen LogP contribution in [0.2, 0.25) is 5.02 Å². The molecule has 1 aromatic heterocycles. The van der Waals surface area contributed by atoms with Gasteiger partial charge in [-0.1, -0.05) is 23.7 Å². The van der Waals surface area contributed by atoms with Crippen molar-refractivity contribution >= 4 is 28.3 Å². The molecule has 0 bridgehead atoms. The second kappa shape index (κ2) is 4.84. The Kier molecular flexibility index (Phi) is 3.14. The monoisotopic (exact) mass is 285 g/mol. The maximum absolute atomic E-state index is 6.06. The van der Waals surface area contributed by atoms with Gasteiger partial charge in [-0.05, 0) is 43.7 Å². The Morgan fingerprint density at radius 1 is 1.25 bits per heavy atom. The van der Waals surface area contributed by atoms with Crippen molar-refractivity contribution in [2.45, 2.75) is 20.4 Å². The van der Waals surface area contributed by atoms with Crippen LogP contribution in [-0.2, 0) is 6.54 Å². The average molecular weight is 286 g/mol. The van der Waals surface area contributed by atoms with Crippen molar-refractivity contribution < 1.29 is 0 Å². The average Bonchev–Trinajstić information content (AvgIpc) is 2.79. The predicted octanol–water partition coefficient (Wildman–Crippen LogP) is 4.27. The van der Waals surface area contributed by atoms with Gasteiger partial charge in [-0.15, -0.1) is 0 Å². The van der Waals surface area contributed by atoms with Crippen LogP contribution in [0, 0.1) is 6.92 Å². The van der Waals surface area contributed by atoms with E-state index in [1.807, 2.05) is 37.3 Å². The first-order valence-electron chi connectivity index (χ1n) is 6.63. The van der Waals surface area contributed by atoms with E-state index in [1.54, 1.807) is 0 Å². The molecule has 3 nitrogen and oxygen atoms in total. The summed E-state index contributed by atoms with van der Waals surface area (Å²) in [5, 5.41) is 0.703. The molecule has 4 heteroatoms. The lowest BCUT2D eigenvalue weighted by molar-refractivity contribution is 0.796. The molecule has 0 radical (unpaired) electrons. The van der Waals surface area contributed by atoms with Crippen molar-refractivity contribution in [2.75, 3.05) is 5.73 Å². The third-order valence-corrected chi connectivity index (χ3v) is 3.88. The van der Waals surface area contributed by atoms with E-state index in [0.717, 1.165) is 40.2 Å². The van der Waals surface area contributed by atoms with Crippen LogP contribution in [0.1, 0.15) is 12.5 Å². The van der Waals surface area contributed by atoms with E-state index in [4.69, 9.17) is 22.3 Å². The van der Waals surface area contributed by atoms with Crippen molar-refractivity contribution in [2.24, 2.45) is 0 Å². The first-order chi connectivity index (χ1) is 9.61. The molecule has 0 aliphatic rings. The Balaban J connectivity index is 2.33. The van der Waals surface area contributed by atoms with Crippen molar-refractivity contribution in [1.82, 2.24) is 9.55 Å². The molecule has 0 spiro atoms. The van der Waals surface area contributed by atoms with Gasteiger partial charge >= 0.3 is 0 Å². The van der Waals surface area contributed by atoms with Gasteiger partial charge in [-0.25, -0.2) is 4.98 Å². The molecule has 0 aliphatic carbocycles. The summed E-state index contributed by atoms with van der Waals surface area (Å²) in [6.07, 6.45) is 0. The van der Waals surface area contributed by atoms with Crippen LogP contribution in [0.25, 0.3) is 22.4 Å². The molecule has 0 aliphatic heterocycles. The summed E-state index contributed by atoms with van der Waals surface area (Å²) < 4.78 is 2.19.